The average molecular weight is 300 g/mol. The number of benzene rings is 1. The summed E-state index contributed by atoms with van der Waals surface area (Å²) in [5.74, 6) is -0.0671. The Kier molecular flexibility index (Phi) is 6.22. The number of hydrogen-bond acceptors (Lipinski definition) is 2. The molecule has 0 aliphatic heterocycles. The van der Waals surface area contributed by atoms with E-state index in [0.29, 0.717) is 6.42 Å². The molecule has 0 saturated carbocycles. The quantitative estimate of drug-likeness (QED) is 0.788. The Morgan fingerprint density at radius 2 is 2.06 bits per heavy atom. The first-order valence-electron chi connectivity index (χ1n) is 5.76. The molecular weight excluding hydrogens is 282 g/mol. The monoisotopic (exact) mass is 299 g/mol. The van der Waals surface area contributed by atoms with Crippen LogP contribution in [0.2, 0.25) is 0 Å². The largest absolute Gasteiger partial charge is 0.394 e. The molecule has 94 valence electrons. The van der Waals surface area contributed by atoms with Crippen LogP contribution in [0.3, 0.4) is 0 Å². The highest BCUT2D eigenvalue weighted by Crippen LogP contribution is 2.07. The van der Waals surface area contributed by atoms with Crippen molar-refractivity contribution in [2.45, 2.75) is 30.6 Å². The maximum atomic E-state index is 11.7. The van der Waals surface area contributed by atoms with Gasteiger partial charge in [0.25, 0.3) is 0 Å². The topological polar surface area (TPSA) is 49.3 Å². The van der Waals surface area contributed by atoms with Gasteiger partial charge in [-0.1, -0.05) is 53.2 Å². The summed E-state index contributed by atoms with van der Waals surface area (Å²) in [5.41, 5.74) is 1.11. The average Bonchev–Trinajstić information content (AvgIpc) is 2.38. The predicted octanol–water partition coefficient (Wildman–Crippen LogP) is 1.88. The lowest BCUT2D eigenvalue weighted by Crippen LogP contribution is -2.42. The first-order chi connectivity index (χ1) is 8.17. The summed E-state index contributed by atoms with van der Waals surface area (Å²) in [4.78, 5) is 11.5. The van der Waals surface area contributed by atoms with Gasteiger partial charge in [-0.05, 0) is 18.4 Å². The van der Waals surface area contributed by atoms with Crippen molar-refractivity contribution in [3.8, 4) is 0 Å². The van der Waals surface area contributed by atoms with Gasteiger partial charge in [0.15, 0.2) is 0 Å². The molecule has 0 spiro atoms. The van der Waals surface area contributed by atoms with Crippen LogP contribution in [0.25, 0.3) is 0 Å². The molecule has 1 amide bonds. The SMILES string of the molecule is CCC(Br)C(=O)N[C@H](CO)Cc1ccccc1. The van der Waals surface area contributed by atoms with Crippen LogP contribution in [0, 0.1) is 0 Å². The highest BCUT2D eigenvalue weighted by Gasteiger charge is 2.17. The van der Waals surface area contributed by atoms with E-state index in [4.69, 9.17) is 0 Å². The van der Waals surface area contributed by atoms with Gasteiger partial charge in [-0.15, -0.1) is 0 Å². The fourth-order valence-electron chi connectivity index (χ4n) is 1.54. The Morgan fingerprint density at radius 1 is 1.41 bits per heavy atom. The van der Waals surface area contributed by atoms with E-state index in [2.05, 4.69) is 21.2 Å². The van der Waals surface area contributed by atoms with Crippen LogP contribution >= 0.6 is 15.9 Å². The van der Waals surface area contributed by atoms with Gasteiger partial charge in [-0.25, -0.2) is 0 Å². The molecule has 1 unspecified atom stereocenters. The molecule has 0 heterocycles. The second-order valence-electron chi connectivity index (χ2n) is 3.95. The zero-order valence-electron chi connectivity index (χ0n) is 9.90. The lowest BCUT2D eigenvalue weighted by Gasteiger charge is -2.18. The number of amides is 1. The van der Waals surface area contributed by atoms with Crippen LogP contribution < -0.4 is 5.32 Å². The van der Waals surface area contributed by atoms with Gasteiger partial charge in [0, 0.05) is 0 Å². The van der Waals surface area contributed by atoms with Gasteiger partial charge < -0.3 is 10.4 Å². The van der Waals surface area contributed by atoms with Crippen molar-refractivity contribution in [2.75, 3.05) is 6.61 Å². The van der Waals surface area contributed by atoms with Crippen molar-refractivity contribution in [3.63, 3.8) is 0 Å². The van der Waals surface area contributed by atoms with E-state index in [-0.39, 0.29) is 23.4 Å². The number of halogens is 1. The van der Waals surface area contributed by atoms with Crippen LogP contribution in [-0.2, 0) is 11.2 Å². The number of carbonyl (C=O) groups excluding carboxylic acids is 1. The van der Waals surface area contributed by atoms with Gasteiger partial charge >= 0.3 is 0 Å². The van der Waals surface area contributed by atoms with Crippen molar-refractivity contribution in [1.29, 1.82) is 0 Å². The molecule has 0 aliphatic carbocycles. The Bertz CT molecular complexity index is 343. The zero-order chi connectivity index (χ0) is 12.7. The maximum absolute atomic E-state index is 11.7. The standard InChI is InChI=1S/C13H18BrNO2/c1-2-12(14)13(17)15-11(9-16)8-10-6-4-3-5-7-10/h3-7,11-12,16H,2,8-9H2,1H3,(H,15,17)/t11-,12?/m0/s1. The van der Waals surface area contributed by atoms with Crippen molar-refractivity contribution in [1.82, 2.24) is 5.32 Å². The Labute approximate surface area is 110 Å². The van der Waals surface area contributed by atoms with Gasteiger partial charge in [0.1, 0.15) is 0 Å². The molecule has 0 saturated heterocycles. The predicted molar refractivity (Wildman–Crippen MR) is 72.2 cm³/mol. The van der Waals surface area contributed by atoms with Crippen molar-refractivity contribution in [2.24, 2.45) is 0 Å². The lowest BCUT2D eigenvalue weighted by atomic mass is 10.1. The van der Waals surface area contributed by atoms with Gasteiger partial charge in [-0.2, -0.15) is 0 Å². The third-order valence-electron chi connectivity index (χ3n) is 2.53. The summed E-state index contributed by atoms with van der Waals surface area (Å²) >= 11 is 3.29. The Hall–Kier alpha value is -0.870. The second-order valence-corrected chi connectivity index (χ2v) is 5.06. The van der Waals surface area contributed by atoms with Crippen LogP contribution in [0.15, 0.2) is 30.3 Å². The summed E-state index contributed by atoms with van der Waals surface area (Å²) in [6, 6.07) is 9.59. The molecular formula is C13H18BrNO2. The fourth-order valence-corrected chi connectivity index (χ4v) is 1.67. The van der Waals surface area contributed by atoms with E-state index in [1.165, 1.54) is 0 Å². The third kappa shape index (κ3) is 4.88. The number of nitrogens with one attached hydrogen (secondary N) is 1. The van der Waals surface area contributed by atoms with Crippen LogP contribution in [0.1, 0.15) is 18.9 Å². The number of rotatable bonds is 6. The van der Waals surface area contributed by atoms with Gasteiger partial charge in [0.05, 0.1) is 17.5 Å². The minimum atomic E-state index is -0.225. The van der Waals surface area contributed by atoms with Crippen molar-refractivity contribution < 1.29 is 9.90 Å². The molecule has 1 aromatic carbocycles. The third-order valence-corrected chi connectivity index (χ3v) is 3.60. The molecule has 1 rings (SSSR count). The fraction of sp³-hybridized carbons (Fsp3) is 0.462. The maximum Gasteiger partial charge on any atom is 0.234 e. The number of alkyl halides is 1. The summed E-state index contributed by atoms with van der Waals surface area (Å²) in [7, 11) is 0. The van der Waals surface area contributed by atoms with Crippen LogP contribution in [0.5, 0.6) is 0 Å². The van der Waals surface area contributed by atoms with E-state index >= 15 is 0 Å². The minimum Gasteiger partial charge on any atom is -0.394 e. The first kappa shape index (κ1) is 14.2. The highest BCUT2D eigenvalue weighted by atomic mass is 79.9. The highest BCUT2D eigenvalue weighted by molar-refractivity contribution is 9.10. The lowest BCUT2D eigenvalue weighted by molar-refractivity contribution is -0.121. The molecule has 0 radical (unpaired) electrons. The van der Waals surface area contributed by atoms with E-state index in [1.54, 1.807) is 0 Å². The first-order valence-corrected chi connectivity index (χ1v) is 6.68. The normalized spacial score (nSPS) is 14.1. The van der Waals surface area contributed by atoms with E-state index < -0.39 is 0 Å². The van der Waals surface area contributed by atoms with Gasteiger partial charge in [0.2, 0.25) is 5.91 Å². The molecule has 2 atom stereocenters. The zero-order valence-corrected chi connectivity index (χ0v) is 11.5. The van der Waals surface area contributed by atoms with Crippen molar-refractivity contribution >= 4 is 21.8 Å². The molecule has 17 heavy (non-hydrogen) atoms. The molecule has 2 N–H and O–H groups in total. The molecule has 0 aromatic heterocycles. The molecule has 0 bridgehead atoms. The summed E-state index contributed by atoms with van der Waals surface area (Å²) in [5, 5.41) is 12.1. The second kappa shape index (κ2) is 7.45. The smallest absolute Gasteiger partial charge is 0.234 e. The summed E-state index contributed by atoms with van der Waals surface area (Å²) in [6.45, 7) is 1.88. The van der Waals surface area contributed by atoms with E-state index in [0.717, 1.165) is 12.0 Å². The van der Waals surface area contributed by atoms with Gasteiger partial charge in [-0.3, -0.25) is 4.79 Å². The van der Waals surface area contributed by atoms with E-state index in [1.807, 2.05) is 37.3 Å². The Balaban J connectivity index is 2.52. The summed E-state index contributed by atoms with van der Waals surface area (Å²) < 4.78 is 0. The molecule has 0 aliphatic rings. The number of aliphatic hydroxyl groups is 1. The van der Waals surface area contributed by atoms with Crippen molar-refractivity contribution in [3.05, 3.63) is 35.9 Å². The molecule has 4 heteroatoms. The number of hydrogen-bond donors (Lipinski definition) is 2. The Morgan fingerprint density at radius 3 is 2.59 bits per heavy atom. The molecule has 0 fully saturated rings. The minimum absolute atomic E-state index is 0.0515. The number of aliphatic hydroxyl groups excluding tert-OH is 1. The van der Waals surface area contributed by atoms with E-state index in [9.17, 15) is 9.90 Å². The molecule has 3 nitrogen and oxygen atoms in total. The van der Waals surface area contributed by atoms with Crippen LogP contribution in [-0.4, -0.2) is 28.5 Å². The summed E-state index contributed by atoms with van der Waals surface area (Å²) in [6.07, 6.45) is 1.38. The molecule has 1 aromatic rings. The number of carbonyl (C=O) groups is 1. The van der Waals surface area contributed by atoms with Crippen LogP contribution in [0.4, 0.5) is 0 Å².